The highest BCUT2D eigenvalue weighted by molar-refractivity contribution is 7.99. The molecule has 0 aliphatic carbocycles. The largest absolute Gasteiger partial charge is 0.461 e. The predicted octanol–water partition coefficient (Wildman–Crippen LogP) is 3.36. The van der Waals surface area contributed by atoms with Crippen LogP contribution in [0.3, 0.4) is 0 Å². The van der Waals surface area contributed by atoms with Crippen LogP contribution in [0, 0.1) is 6.92 Å². The molecule has 0 saturated heterocycles. The van der Waals surface area contributed by atoms with Gasteiger partial charge in [0.2, 0.25) is 11.7 Å². The van der Waals surface area contributed by atoms with E-state index in [0.29, 0.717) is 29.1 Å². The van der Waals surface area contributed by atoms with Crippen LogP contribution in [0.15, 0.2) is 64.4 Å². The standard InChI is InChI=1S/C20H20N6O2S/c1-14-11-17(25(2)24-14)21-18(27)13-29-20-23-22-19(16-9-6-10-28-16)26(20)12-15-7-4-3-5-8-15/h3-11H,12-13H2,1-2H3,(H,21,27). The van der Waals surface area contributed by atoms with E-state index in [-0.39, 0.29) is 11.7 Å². The molecule has 1 aromatic carbocycles. The van der Waals surface area contributed by atoms with Gasteiger partial charge in [-0.3, -0.25) is 14.0 Å². The van der Waals surface area contributed by atoms with E-state index in [1.54, 1.807) is 18.0 Å². The number of rotatable bonds is 7. The van der Waals surface area contributed by atoms with Crippen molar-refractivity contribution in [3.8, 4) is 11.6 Å². The second kappa shape index (κ2) is 8.36. The van der Waals surface area contributed by atoms with Gasteiger partial charge in [-0.15, -0.1) is 10.2 Å². The van der Waals surface area contributed by atoms with Gasteiger partial charge in [-0.1, -0.05) is 42.1 Å². The summed E-state index contributed by atoms with van der Waals surface area (Å²) in [5.41, 5.74) is 1.96. The lowest BCUT2D eigenvalue weighted by Gasteiger charge is -2.09. The van der Waals surface area contributed by atoms with E-state index in [1.165, 1.54) is 11.8 Å². The topological polar surface area (TPSA) is 90.8 Å². The Balaban J connectivity index is 1.52. The van der Waals surface area contributed by atoms with Crippen molar-refractivity contribution >= 4 is 23.5 Å². The van der Waals surface area contributed by atoms with Crippen LogP contribution in [-0.2, 0) is 18.4 Å². The summed E-state index contributed by atoms with van der Waals surface area (Å²) in [4.78, 5) is 12.4. The summed E-state index contributed by atoms with van der Waals surface area (Å²) in [5.74, 6) is 2.00. The number of hydrogen-bond acceptors (Lipinski definition) is 6. The van der Waals surface area contributed by atoms with Crippen molar-refractivity contribution in [2.24, 2.45) is 7.05 Å². The zero-order valence-corrected chi connectivity index (χ0v) is 16.9. The Morgan fingerprint density at radius 1 is 1.17 bits per heavy atom. The van der Waals surface area contributed by atoms with Crippen LogP contribution in [0.2, 0.25) is 0 Å². The van der Waals surface area contributed by atoms with Crippen LogP contribution in [0.5, 0.6) is 0 Å². The van der Waals surface area contributed by atoms with Gasteiger partial charge in [-0.25, -0.2) is 0 Å². The fraction of sp³-hybridized carbons (Fsp3) is 0.200. The Kier molecular flexibility index (Phi) is 5.48. The number of amides is 1. The number of benzene rings is 1. The minimum Gasteiger partial charge on any atom is -0.461 e. The molecule has 3 heterocycles. The molecule has 8 nitrogen and oxygen atoms in total. The Morgan fingerprint density at radius 2 is 2.00 bits per heavy atom. The van der Waals surface area contributed by atoms with Crippen LogP contribution in [-0.4, -0.2) is 36.2 Å². The lowest BCUT2D eigenvalue weighted by atomic mass is 10.2. The van der Waals surface area contributed by atoms with Crippen LogP contribution in [0.25, 0.3) is 11.6 Å². The average Bonchev–Trinajstić information content (AvgIpc) is 3.42. The van der Waals surface area contributed by atoms with E-state index in [9.17, 15) is 4.79 Å². The fourth-order valence-electron chi connectivity index (χ4n) is 2.93. The molecule has 0 bridgehead atoms. The number of anilines is 1. The lowest BCUT2D eigenvalue weighted by Crippen LogP contribution is -2.17. The highest BCUT2D eigenvalue weighted by Crippen LogP contribution is 2.25. The third-order valence-corrected chi connectivity index (χ3v) is 5.21. The first-order chi connectivity index (χ1) is 14.1. The maximum atomic E-state index is 12.4. The van der Waals surface area contributed by atoms with E-state index in [2.05, 4.69) is 20.6 Å². The number of furan rings is 1. The highest BCUT2D eigenvalue weighted by atomic mass is 32.2. The molecule has 29 heavy (non-hydrogen) atoms. The van der Waals surface area contributed by atoms with Gasteiger partial charge in [-0.05, 0) is 24.6 Å². The monoisotopic (exact) mass is 408 g/mol. The summed E-state index contributed by atoms with van der Waals surface area (Å²) in [7, 11) is 1.79. The van der Waals surface area contributed by atoms with Crippen molar-refractivity contribution < 1.29 is 9.21 Å². The first kappa shape index (κ1) is 19.0. The third kappa shape index (κ3) is 4.40. The number of aromatic nitrogens is 5. The first-order valence-corrected chi connectivity index (χ1v) is 10.0. The molecule has 9 heteroatoms. The molecule has 4 rings (SSSR count). The van der Waals surface area contributed by atoms with Crippen molar-refractivity contribution in [2.45, 2.75) is 18.6 Å². The number of carbonyl (C=O) groups is 1. The maximum absolute atomic E-state index is 12.4. The van der Waals surface area contributed by atoms with Gasteiger partial charge < -0.3 is 9.73 Å². The van der Waals surface area contributed by atoms with Crippen LogP contribution in [0.4, 0.5) is 5.82 Å². The molecular formula is C20H20N6O2S. The lowest BCUT2D eigenvalue weighted by molar-refractivity contribution is -0.113. The third-order valence-electron chi connectivity index (χ3n) is 4.24. The molecule has 0 atom stereocenters. The van der Waals surface area contributed by atoms with Gasteiger partial charge in [0, 0.05) is 13.1 Å². The molecule has 0 aliphatic heterocycles. The molecule has 1 amide bonds. The molecule has 0 saturated carbocycles. The SMILES string of the molecule is Cc1cc(NC(=O)CSc2nnc(-c3ccco3)n2Cc2ccccc2)n(C)n1. The quantitative estimate of drug-likeness (QED) is 0.472. The van der Waals surface area contributed by atoms with Gasteiger partial charge >= 0.3 is 0 Å². The molecule has 0 fully saturated rings. The number of nitrogens with one attached hydrogen (secondary N) is 1. The summed E-state index contributed by atoms with van der Waals surface area (Å²) in [6.45, 7) is 2.46. The Hall–Kier alpha value is -3.33. The minimum atomic E-state index is -0.133. The van der Waals surface area contributed by atoms with Crippen LogP contribution < -0.4 is 5.32 Å². The van der Waals surface area contributed by atoms with Crippen molar-refractivity contribution in [1.82, 2.24) is 24.5 Å². The molecule has 148 valence electrons. The Morgan fingerprint density at radius 3 is 2.69 bits per heavy atom. The van der Waals surface area contributed by atoms with Gasteiger partial charge in [0.15, 0.2) is 10.9 Å². The van der Waals surface area contributed by atoms with E-state index in [4.69, 9.17) is 4.42 Å². The summed E-state index contributed by atoms with van der Waals surface area (Å²) < 4.78 is 9.11. The summed E-state index contributed by atoms with van der Waals surface area (Å²) in [6, 6.07) is 15.5. The number of carbonyl (C=O) groups excluding carboxylic acids is 1. The molecule has 0 unspecified atom stereocenters. The summed E-state index contributed by atoms with van der Waals surface area (Å²) in [5, 5.41) is 16.3. The Bertz CT molecular complexity index is 1100. The van der Waals surface area contributed by atoms with E-state index in [1.807, 2.05) is 60.0 Å². The van der Waals surface area contributed by atoms with Crippen molar-refractivity contribution in [1.29, 1.82) is 0 Å². The zero-order chi connectivity index (χ0) is 20.2. The summed E-state index contributed by atoms with van der Waals surface area (Å²) in [6.07, 6.45) is 1.60. The molecule has 0 aliphatic rings. The maximum Gasteiger partial charge on any atom is 0.235 e. The number of nitrogens with zero attached hydrogens (tertiary/aromatic N) is 5. The van der Waals surface area contributed by atoms with Crippen molar-refractivity contribution in [3.63, 3.8) is 0 Å². The van der Waals surface area contributed by atoms with Crippen LogP contribution >= 0.6 is 11.8 Å². The van der Waals surface area contributed by atoms with Gasteiger partial charge in [-0.2, -0.15) is 5.10 Å². The number of hydrogen-bond donors (Lipinski definition) is 1. The molecular weight excluding hydrogens is 388 g/mol. The second-order valence-electron chi connectivity index (χ2n) is 6.49. The first-order valence-electron chi connectivity index (χ1n) is 9.04. The van der Waals surface area contributed by atoms with E-state index in [0.717, 1.165) is 11.3 Å². The molecule has 0 spiro atoms. The molecule has 1 N–H and O–H groups in total. The van der Waals surface area contributed by atoms with Crippen molar-refractivity contribution in [3.05, 3.63) is 66.1 Å². The number of thioether (sulfide) groups is 1. The van der Waals surface area contributed by atoms with Gasteiger partial charge in [0.1, 0.15) is 5.82 Å². The molecule has 0 radical (unpaired) electrons. The average molecular weight is 408 g/mol. The molecule has 3 aromatic heterocycles. The van der Waals surface area contributed by atoms with Crippen LogP contribution in [0.1, 0.15) is 11.3 Å². The van der Waals surface area contributed by atoms with Crippen molar-refractivity contribution in [2.75, 3.05) is 11.1 Å². The zero-order valence-electron chi connectivity index (χ0n) is 16.1. The normalized spacial score (nSPS) is 11.0. The van der Waals surface area contributed by atoms with E-state index < -0.39 is 0 Å². The predicted molar refractivity (Wildman–Crippen MR) is 111 cm³/mol. The molecule has 4 aromatic rings. The van der Waals surface area contributed by atoms with E-state index >= 15 is 0 Å². The number of aryl methyl sites for hydroxylation is 2. The highest BCUT2D eigenvalue weighted by Gasteiger charge is 2.18. The smallest absolute Gasteiger partial charge is 0.235 e. The fourth-order valence-corrected chi connectivity index (χ4v) is 3.67. The van der Waals surface area contributed by atoms with Gasteiger partial charge in [0.25, 0.3) is 0 Å². The minimum absolute atomic E-state index is 0.133. The second-order valence-corrected chi connectivity index (χ2v) is 7.43. The Labute approximate surface area is 171 Å². The summed E-state index contributed by atoms with van der Waals surface area (Å²) >= 11 is 1.33. The van der Waals surface area contributed by atoms with Gasteiger partial charge in [0.05, 0.1) is 24.3 Å².